The number of hydrogen-bond acceptors (Lipinski definition) is 3. The van der Waals surface area contributed by atoms with Gasteiger partial charge in [-0.05, 0) is 24.6 Å². The molecule has 22 heavy (non-hydrogen) atoms. The topological polar surface area (TPSA) is 67.2 Å². The van der Waals surface area contributed by atoms with Crippen LogP contribution in [0.1, 0.15) is 18.1 Å². The summed E-state index contributed by atoms with van der Waals surface area (Å²) in [5.74, 6) is -0.760. The highest BCUT2D eigenvalue weighted by molar-refractivity contribution is 6.07. The zero-order valence-corrected chi connectivity index (χ0v) is 12.2. The van der Waals surface area contributed by atoms with Gasteiger partial charge in [0, 0.05) is 18.8 Å². The summed E-state index contributed by atoms with van der Waals surface area (Å²) in [6.07, 6.45) is 3.35. The van der Waals surface area contributed by atoms with E-state index in [1.807, 2.05) is 0 Å². The third-order valence-corrected chi connectivity index (χ3v) is 3.80. The van der Waals surface area contributed by atoms with Crippen LogP contribution >= 0.6 is 0 Å². The van der Waals surface area contributed by atoms with E-state index in [0.29, 0.717) is 5.56 Å². The van der Waals surface area contributed by atoms with Crippen molar-refractivity contribution in [1.29, 1.82) is 0 Å². The van der Waals surface area contributed by atoms with Gasteiger partial charge in [0.15, 0.2) is 0 Å². The van der Waals surface area contributed by atoms with Crippen molar-refractivity contribution in [3.63, 3.8) is 0 Å². The molecule has 1 aliphatic rings. The van der Waals surface area contributed by atoms with Crippen molar-refractivity contribution < 1.29 is 14.0 Å². The lowest BCUT2D eigenvalue weighted by atomic mass is 9.92. The Kier molecular flexibility index (Phi) is 3.20. The highest BCUT2D eigenvalue weighted by atomic mass is 19.1. The Hall–Kier alpha value is -2.70. The number of nitrogens with one attached hydrogen (secondary N) is 1. The molecule has 0 aliphatic carbocycles. The molecule has 6 nitrogen and oxygen atoms in total. The normalized spacial score (nSPS) is 21.3. The second-order valence-electron chi connectivity index (χ2n) is 5.48. The molecule has 2 aromatic rings. The summed E-state index contributed by atoms with van der Waals surface area (Å²) in [6, 6.07) is 5.07. The lowest BCUT2D eigenvalue weighted by Crippen LogP contribution is -2.40. The molecule has 3 amide bonds. The number of carbonyl (C=O) groups is 2. The second-order valence-corrected chi connectivity index (χ2v) is 5.48. The van der Waals surface area contributed by atoms with Crippen molar-refractivity contribution >= 4 is 11.9 Å². The summed E-state index contributed by atoms with van der Waals surface area (Å²) in [4.78, 5) is 25.9. The van der Waals surface area contributed by atoms with Crippen molar-refractivity contribution in [3.8, 4) is 0 Å². The Bertz CT molecular complexity index is 740. The first-order valence-corrected chi connectivity index (χ1v) is 6.78. The number of amides is 3. The minimum Gasteiger partial charge on any atom is -0.319 e. The number of rotatable bonds is 3. The van der Waals surface area contributed by atoms with E-state index in [1.165, 1.54) is 24.3 Å². The van der Waals surface area contributed by atoms with Crippen molar-refractivity contribution in [1.82, 2.24) is 20.0 Å². The van der Waals surface area contributed by atoms with Crippen LogP contribution in [0.3, 0.4) is 0 Å². The summed E-state index contributed by atoms with van der Waals surface area (Å²) >= 11 is 0. The van der Waals surface area contributed by atoms with Crippen LogP contribution in [0.5, 0.6) is 0 Å². The molecular formula is C15H15FN4O2. The van der Waals surface area contributed by atoms with Crippen molar-refractivity contribution in [2.45, 2.75) is 19.0 Å². The van der Waals surface area contributed by atoms with Crippen LogP contribution in [0.4, 0.5) is 9.18 Å². The molecule has 7 heteroatoms. The summed E-state index contributed by atoms with van der Waals surface area (Å²) in [5.41, 5.74) is 0.114. The van der Waals surface area contributed by atoms with Crippen molar-refractivity contribution in [3.05, 3.63) is 53.6 Å². The van der Waals surface area contributed by atoms with E-state index >= 15 is 0 Å². The maximum Gasteiger partial charge on any atom is 0.325 e. The Morgan fingerprint density at radius 1 is 1.27 bits per heavy atom. The molecule has 0 saturated carbocycles. The van der Waals surface area contributed by atoms with Gasteiger partial charge < -0.3 is 5.32 Å². The molecule has 0 bridgehead atoms. The summed E-state index contributed by atoms with van der Waals surface area (Å²) < 4.78 is 14.7. The number of imide groups is 1. The lowest BCUT2D eigenvalue weighted by Gasteiger charge is -2.22. The van der Waals surface area contributed by atoms with Gasteiger partial charge in [-0.1, -0.05) is 12.1 Å². The highest BCUT2D eigenvalue weighted by Gasteiger charge is 2.48. The predicted octanol–water partition coefficient (Wildman–Crippen LogP) is 1.53. The van der Waals surface area contributed by atoms with Gasteiger partial charge in [0.1, 0.15) is 11.4 Å². The van der Waals surface area contributed by atoms with Crippen molar-refractivity contribution in [2.75, 3.05) is 0 Å². The van der Waals surface area contributed by atoms with E-state index in [2.05, 4.69) is 10.4 Å². The third-order valence-electron chi connectivity index (χ3n) is 3.80. The van der Waals surface area contributed by atoms with Gasteiger partial charge in [0.2, 0.25) is 0 Å². The van der Waals surface area contributed by atoms with Crippen molar-refractivity contribution in [2.24, 2.45) is 7.05 Å². The minimum atomic E-state index is -1.19. The third kappa shape index (κ3) is 2.24. The molecule has 114 valence electrons. The molecule has 1 aromatic heterocycles. The predicted molar refractivity (Wildman–Crippen MR) is 76.0 cm³/mol. The lowest BCUT2D eigenvalue weighted by molar-refractivity contribution is -0.131. The van der Waals surface area contributed by atoms with Gasteiger partial charge in [-0.2, -0.15) is 5.10 Å². The molecule has 1 N–H and O–H groups in total. The summed E-state index contributed by atoms with van der Waals surface area (Å²) in [7, 11) is 1.76. The van der Waals surface area contributed by atoms with E-state index < -0.39 is 17.4 Å². The Morgan fingerprint density at radius 2 is 1.95 bits per heavy atom. The SMILES string of the molecule is Cn1cc(CN2C(=O)NC(C)(c3ccc(F)cc3)C2=O)cn1. The largest absolute Gasteiger partial charge is 0.325 e. The molecule has 1 saturated heterocycles. The van der Waals surface area contributed by atoms with E-state index in [4.69, 9.17) is 0 Å². The molecule has 1 aliphatic heterocycles. The van der Waals surface area contributed by atoms with Crippen LogP contribution in [0.2, 0.25) is 0 Å². The maximum absolute atomic E-state index is 13.0. The Morgan fingerprint density at radius 3 is 2.55 bits per heavy atom. The van der Waals surface area contributed by atoms with Crippen LogP contribution in [0.15, 0.2) is 36.7 Å². The molecule has 1 unspecified atom stereocenters. The van der Waals surface area contributed by atoms with Gasteiger partial charge in [-0.15, -0.1) is 0 Å². The number of aromatic nitrogens is 2. The fourth-order valence-electron chi connectivity index (χ4n) is 2.56. The van der Waals surface area contributed by atoms with Gasteiger partial charge in [0.25, 0.3) is 5.91 Å². The quantitative estimate of drug-likeness (QED) is 0.874. The van der Waals surface area contributed by atoms with E-state index in [1.54, 1.807) is 31.0 Å². The zero-order valence-electron chi connectivity index (χ0n) is 12.2. The zero-order chi connectivity index (χ0) is 15.9. The Balaban J connectivity index is 1.88. The smallest absolute Gasteiger partial charge is 0.319 e. The average molecular weight is 302 g/mol. The van der Waals surface area contributed by atoms with E-state index in [-0.39, 0.29) is 12.5 Å². The number of urea groups is 1. The Labute approximate surface area is 126 Å². The van der Waals surface area contributed by atoms with Crippen LogP contribution in [0, 0.1) is 5.82 Å². The molecular weight excluding hydrogens is 287 g/mol. The molecule has 2 heterocycles. The minimum absolute atomic E-state index is 0.148. The van der Waals surface area contributed by atoms with E-state index in [0.717, 1.165) is 10.5 Å². The molecule has 1 aromatic carbocycles. The van der Waals surface area contributed by atoms with Crippen LogP contribution in [-0.2, 0) is 23.9 Å². The standard InChI is InChI=1S/C15H15FN4O2/c1-15(11-3-5-12(16)6-4-11)13(21)20(14(22)18-15)9-10-7-17-19(2)8-10/h3-8H,9H2,1-2H3,(H,18,22). The molecule has 3 rings (SSSR count). The fraction of sp³-hybridized carbons (Fsp3) is 0.267. The molecule has 0 spiro atoms. The first-order chi connectivity index (χ1) is 10.4. The summed E-state index contributed by atoms with van der Waals surface area (Å²) in [5, 5.41) is 6.70. The highest BCUT2D eigenvalue weighted by Crippen LogP contribution is 2.29. The number of carbonyl (C=O) groups excluding carboxylic acids is 2. The average Bonchev–Trinajstić information content (AvgIpc) is 2.97. The van der Waals surface area contributed by atoms with Crippen LogP contribution in [0.25, 0.3) is 0 Å². The van der Waals surface area contributed by atoms with Crippen LogP contribution in [-0.4, -0.2) is 26.6 Å². The molecule has 1 atom stereocenters. The number of hydrogen-bond donors (Lipinski definition) is 1. The van der Waals surface area contributed by atoms with E-state index in [9.17, 15) is 14.0 Å². The monoisotopic (exact) mass is 302 g/mol. The van der Waals surface area contributed by atoms with Gasteiger partial charge >= 0.3 is 6.03 Å². The van der Waals surface area contributed by atoms with Gasteiger partial charge in [-0.25, -0.2) is 9.18 Å². The van der Waals surface area contributed by atoms with Gasteiger partial charge in [0.05, 0.1) is 12.7 Å². The molecule has 1 fully saturated rings. The molecule has 0 radical (unpaired) electrons. The first kappa shape index (κ1) is 14.2. The second kappa shape index (κ2) is 4.94. The number of halogens is 1. The number of nitrogens with zero attached hydrogens (tertiary/aromatic N) is 3. The van der Waals surface area contributed by atoms with Crippen LogP contribution < -0.4 is 5.32 Å². The maximum atomic E-state index is 13.0. The van der Waals surface area contributed by atoms with Gasteiger partial charge in [-0.3, -0.25) is 14.4 Å². The first-order valence-electron chi connectivity index (χ1n) is 6.78. The number of benzene rings is 1. The fourth-order valence-corrected chi connectivity index (χ4v) is 2.56. The summed E-state index contributed by atoms with van der Waals surface area (Å²) in [6.45, 7) is 1.76. The number of aryl methyl sites for hydroxylation is 1.